The summed E-state index contributed by atoms with van der Waals surface area (Å²) in [5.74, 6) is 1.47. The van der Waals surface area contributed by atoms with Crippen LogP contribution in [0.15, 0.2) is 23.6 Å². The molecule has 0 spiro atoms. The van der Waals surface area contributed by atoms with Gasteiger partial charge in [-0.1, -0.05) is 13.0 Å². The maximum Gasteiger partial charge on any atom is 0.319 e. The monoisotopic (exact) mass is 358 g/mol. The summed E-state index contributed by atoms with van der Waals surface area (Å²) in [5, 5.41) is 8.10. The second-order valence-electron chi connectivity index (χ2n) is 6.85. The molecule has 1 atom stereocenters. The van der Waals surface area contributed by atoms with E-state index in [-0.39, 0.29) is 6.03 Å². The summed E-state index contributed by atoms with van der Waals surface area (Å²) in [6.07, 6.45) is 4.56. The number of hydrogen-bond acceptors (Lipinski definition) is 3. The minimum atomic E-state index is -0.193. The second-order valence-corrected chi connectivity index (χ2v) is 7.81. The Morgan fingerprint density at radius 2 is 2.24 bits per heavy atom. The van der Waals surface area contributed by atoms with Crippen molar-refractivity contribution >= 4 is 23.1 Å². The number of hydrogen-bond donors (Lipinski definition) is 2. The third-order valence-electron chi connectivity index (χ3n) is 4.77. The first kappa shape index (κ1) is 17.8. The third-order valence-corrected chi connectivity index (χ3v) is 5.87. The van der Waals surface area contributed by atoms with Crippen LogP contribution in [0.3, 0.4) is 0 Å². The van der Waals surface area contributed by atoms with Crippen LogP contribution in [0.1, 0.15) is 34.9 Å². The number of thiophene rings is 1. The minimum absolute atomic E-state index is 0.193. The fourth-order valence-electron chi connectivity index (χ4n) is 3.35. The molecule has 0 aliphatic heterocycles. The molecule has 0 saturated heterocycles. The van der Waals surface area contributed by atoms with Crippen molar-refractivity contribution in [3.05, 3.63) is 45.1 Å². The first-order valence-corrected chi connectivity index (χ1v) is 9.72. The fraction of sp³-hybridized carbons (Fsp3) is 0.450. The number of urea groups is 1. The number of carbonyl (C=O) groups excluding carboxylic acids is 1. The molecule has 0 saturated carbocycles. The maximum absolute atomic E-state index is 12.2. The maximum atomic E-state index is 12.2. The Kier molecular flexibility index (Phi) is 5.63. The van der Waals surface area contributed by atoms with E-state index in [4.69, 9.17) is 4.74 Å². The Labute approximate surface area is 153 Å². The van der Waals surface area contributed by atoms with Crippen LogP contribution >= 0.6 is 11.3 Å². The lowest BCUT2D eigenvalue weighted by atomic mass is 9.88. The predicted octanol–water partition coefficient (Wildman–Crippen LogP) is 4.55. The van der Waals surface area contributed by atoms with Crippen LogP contribution in [0.5, 0.6) is 5.75 Å². The molecule has 2 N–H and O–H groups in total. The molecule has 0 unspecified atom stereocenters. The zero-order valence-electron chi connectivity index (χ0n) is 15.1. The van der Waals surface area contributed by atoms with E-state index in [2.05, 4.69) is 22.9 Å². The number of anilines is 1. The molecular weight excluding hydrogens is 332 g/mol. The quantitative estimate of drug-likeness (QED) is 0.823. The van der Waals surface area contributed by atoms with Crippen molar-refractivity contribution in [3.63, 3.8) is 0 Å². The van der Waals surface area contributed by atoms with Gasteiger partial charge in [0.1, 0.15) is 5.75 Å². The Balaban J connectivity index is 1.53. The first-order chi connectivity index (χ1) is 12.1. The van der Waals surface area contributed by atoms with Gasteiger partial charge >= 0.3 is 6.03 Å². The minimum Gasteiger partial charge on any atom is -0.495 e. The number of fused-ring (bicyclic) bond motifs is 1. The third kappa shape index (κ3) is 4.34. The molecule has 1 aliphatic carbocycles. The zero-order valence-corrected chi connectivity index (χ0v) is 16.0. The standard InChI is InChI=1S/C20H26N2O2S/c1-13-5-7-18(24-3)17(10-13)22-20(23)21-9-8-15-12-25-19-11-14(2)4-6-16(15)19/h5,7,10,12,14H,4,6,8-9,11H2,1-3H3,(H2,21,22,23)/t14-/m1/s1. The van der Waals surface area contributed by atoms with Gasteiger partial charge in [-0.2, -0.15) is 0 Å². The van der Waals surface area contributed by atoms with Gasteiger partial charge in [-0.25, -0.2) is 4.79 Å². The van der Waals surface area contributed by atoms with E-state index in [9.17, 15) is 4.79 Å². The Morgan fingerprint density at radius 1 is 1.40 bits per heavy atom. The fourth-order valence-corrected chi connectivity index (χ4v) is 4.65. The van der Waals surface area contributed by atoms with E-state index in [0.29, 0.717) is 18.0 Å². The number of carbonyl (C=O) groups is 1. The highest BCUT2D eigenvalue weighted by Gasteiger charge is 2.19. The van der Waals surface area contributed by atoms with Crippen LogP contribution in [-0.2, 0) is 19.3 Å². The van der Waals surface area contributed by atoms with Crippen molar-refractivity contribution in [1.82, 2.24) is 5.32 Å². The van der Waals surface area contributed by atoms with Gasteiger partial charge in [-0.05, 0) is 72.7 Å². The first-order valence-electron chi connectivity index (χ1n) is 8.84. The summed E-state index contributed by atoms with van der Waals surface area (Å²) in [7, 11) is 1.61. The van der Waals surface area contributed by atoms with Gasteiger partial charge in [0.05, 0.1) is 12.8 Å². The summed E-state index contributed by atoms with van der Waals surface area (Å²) in [6.45, 7) is 4.95. The van der Waals surface area contributed by atoms with Crippen LogP contribution < -0.4 is 15.4 Å². The number of amides is 2. The number of nitrogens with one attached hydrogen (secondary N) is 2. The molecule has 0 bridgehead atoms. The average molecular weight is 359 g/mol. The molecule has 2 aromatic rings. The number of aryl methyl sites for hydroxylation is 1. The highest BCUT2D eigenvalue weighted by molar-refractivity contribution is 7.10. The van der Waals surface area contributed by atoms with Gasteiger partial charge in [0.2, 0.25) is 0 Å². The highest BCUT2D eigenvalue weighted by Crippen LogP contribution is 2.33. The molecule has 0 fully saturated rings. The molecule has 4 nitrogen and oxygen atoms in total. The van der Waals surface area contributed by atoms with E-state index >= 15 is 0 Å². The summed E-state index contributed by atoms with van der Waals surface area (Å²) >= 11 is 1.88. The highest BCUT2D eigenvalue weighted by atomic mass is 32.1. The largest absolute Gasteiger partial charge is 0.495 e. The molecule has 134 valence electrons. The van der Waals surface area contributed by atoms with Gasteiger partial charge in [0.25, 0.3) is 0 Å². The summed E-state index contributed by atoms with van der Waals surface area (Å²) in [4.78, 5) is 13.7. The molecule has 3 rings (SSSR count). The molecule has 2 amide bonds. The lowest BCUT2D eigenvalue weighted by Gasteiger charge is -2.19. The predicted molar refractivity (Wildman–Crippen MR) is 104 cm³/mol. The number of ether oxygens (including phenoxy) is 1. The molecule has 1 heterocycles. The van der Waals surface area contributed by atoms with Gasteiger partial charge < -0.3 is 15.4 Å². The van der Waals surface area contributed by atoms with E-state index in [1.165, 1.54) is 30.4 Å². The molecule has 0 radical (unpaired) electrons. The Morgan fingerprint density at radius 3 is 3.04 bits per heavy atom. The van der Waals surface area contributed by atoms with Gasteiger partial charge in [0.15, 0.2) is 0 Å². The SMILES string of the molecule is COc1ccc(C)cc1NC(=O)NCCc1csc2c1CC[C@@H](C)C2. The lowest BCUT2D eigenvalue weighted by Crippen LogP contribution is -2.30. The van der Waals surface area contributed by atoms with Gasteiger partial charge in [0, 0.05) is 11.4 Å². The normalized spacial score (nSPS) is 16.2. The van der Waals surface area contributed by atoms with Gasteiger partial charge in [-0.15, -0.1) is 11.3 Å². The van der Waals surface area contributed by atoms with Crippen molar-refractivity contribution in [2.45, 2.75) is 39.5 Å². The average Bonchev–Trinajstić information content (AvgIpc) is 2.97. The zero-order chi connectivity index (χ0) is 17.8. The van der Waals surface area contributed by atoms with Gasteiger partial charge in [-0.3, -0.25) is 0 Å². The summed E-state index contributed by atoms with van der Waals surface area (Å²) in [5.41, 5.74) is 4.71. The van der Waals surface area contributed by atoms with Crippen LogP contribution in [0.4, 0.5) is 10.5 Å². The number of methoxy groups -OCH3 is 1. The van der Waals surface area contributed by atoms with Crippen LogP contribution in [0.25, 0.3) is 0 Å². The molecule has 25 heavy (non-hydrogen) atoms. The Hall–Kier alpha value is -2.01. The molecule has 1 aromatic carbocycles. The lowest BCUT2D eigenvalue weighted by molar-refractivity contribution is 0.252. The molecule has 1 aromatic heterocycles. The number of benzene rings is 1. The van der Waals surface area contributed by atoms with E-state index in [1.807, 2.05) is 36.5 Å². The Bertz CT molecular complexity index is 754. The van der Waals surface area contributed by atoms with Crippen molar-refractivity contribution in [2.75, 3.05) is 19.0 Å². The van der Waals surface area contributed by atoms with Crippen molar-refractivity contribution < 1.29 is 9.53 Å². The van der Waals surface area contributed by atoms with Crippen molar-refractivity contribution in [2.24, 2.45) is 5.92 Å². The van der Waals surface area contributed by atoms with Crippen molar-refractivity contribution in [3.8, 4) is 5.75 Å². The van der Waals surface area contributed by atoms with E-state index in [1.54, 1.807) is 12.0 Å². The van der Waals surface area contributed by atoms with Crippen LogP contribution in [0, 0.1) is 12.8 Å². The van der Waals surface area contributed by atoms with E-state index < -0.39 is 0 Å². The van der Waals surface area contributed by atoms with Crippen molar-refractivity contribution in [1.29, 1.82) is 0 Å². The molecule has 5 heteroatoms. The van der Waals surface area contributed by atoms with Crippen LogP contribution in [-0.4, -0.2) is 19.7 Å². The topological polar surface area (TPSA) is 50.4 Å². The smallest absolute Gasteiger partial charge is 0.319 e. The molecule has 1 aliphatic rings. The molecular formula is C20H26N2O2S. The summed E-state index contributed by atoms with van der Waals surface area (Å²) < 4.78 is 5.29. The second kappa shape index (κ2) is 7.91. The summed E-state index contributed by atoms with van der Waals surface area (Å²) in [6, 6.07) is 5.54. The van der Waals surface area contributed by atoms with Crippen LogP contribution in [0.2, 0.25) is 0 Å². The number of rotatable bonds is 5. The van der Waals surface area contributed by atoms with E-state index in [0.717, 1.165) is 17.9 Å².